The fraction of sp³-hybridized carbons (Fsp3) is 0.545. The van der Waals surface area contributed by atoms with E-state index >= 15 is 0 Å². The summed E-state index contributed by atoms with van der Waals surface area (Å²) < 4.78 is 44.0. The van der Waals surface area contributed by atoms with Gasteiger partial charge in [0, 0.05) is 25.4 Å². The molecule has 0 spiro atoms. The van der Waals surface area contributed by atoms with Crippen molar-refractivity contribution in [2.24, 2.45) is 0 Å². The number of aromatic nitrogens is 1. The summed E-state index contributed by atoms with van der Waals surface area (Å²) in [5.74, 6) is 0. The van der Waals surface area contributed by atoms with Crippen LogP contribution < -0.4 is 10.9 Å². The summed E-state index contributed by atoms with van der Waals surface area (Å²) in [6.45, 7) is 1.87. The molecule has 4 nitrogen and oxygen atoms in total. The van der Waals surface area contributed by atoms with Crippen molar-refractivity contribution < 1.29 is 17.9 Å². The molecule has 100 valence electrons. The van der Waals surface area contributed by atoms with Crippen LogP contribution >= 0.6 is 0 Å². The van der Waals surface area contributed by atoms with Crippen molar-refractivity contribution in [1.29, 1.82) is 0 Å². The van der Waals surface area contributed by atoms with Gasteiger partial charge in [-0.1, -0.05) is 0 Å². The van der Waals surface area contributed by atoms with E-state index in [4.69, 9.17) is 4.74 Å². The second kappa shape index (κ2) is 5.11. The third-order valence-corrected chi connectivity index (χ3v) is 2.72. The van der Waals surface area contributed by atoms with E-state index in [0.717, 1.165) is 22.9 Å². The summed E-state index contributed by atoms with van der Waals surface area (Å²) in [7, 11) is 0. The van der Waals surface area contributed by atoms with Crippen LogP contribution in [0, 0.1) is 0 Å². The molecular weight excluding hydrogens is 249 g/mol. The van der Waals surface area contributed by atoms with Gasteiger partial charge < -0.3 is 14.6 Å². The summed E-state index contributed by atoms with van der Waals surface area (Å²) in [5, 5.41) is 3.06. The van der Waals surface area contributed by atoms with Crippen molar-refractivity contribution in [2.45, 2.75) is 18.8 Å². The quantitative estimate of drug-likeness (QED) is 0.859. The summed E-state index contributed by atoms with van der Waals surface area (Å²) in [5.41, 5.74) is -1.29. The minimum absolute atomic E-state index is 0.121. The lowest BCUT2D eigenvalue weighted by molar-refractivity contribution is -0.138. The van der Waals surface area contributed by atoms with E-state index in [1.54, 1.807) is 0 Å². The molecule has 0 saturated carbocycles. The second-order valence-electron chi connectivity index (χ2n) is 4.10. The normalized spacial score (nSPS) is 20.9. The minimum Gasteiger partial charge on any atom is -0.374 e. The predicted molar refractivity (Wildman–Crippen MR) is 58.3 cm³/mol. The van der Waals surface area contributed by atoms with Crippen molar-refractivity contribution in [3.05, 3.63) is 34.2 Å². The molecule has 1 unspecified atom stereocenters. The zero-order chi connectivity index (χ0) is 13.2. The maximum absolute atomic E-state index is 12.5. The van der Waals surface area contributed by atoms with Crippen LogP contribution in [0.1, 0.15) is 5.56 Å². The Balaban J connectivity index is 2.18. The van der Waals surface area contributed by atoms with Crippen molar-refractivity contribution in [2.75, 3.05) is 19.7 Å². The van der Waals surface area contributed by atoms with Gasteiger partial charge in [-0.2, -0.15) is 13.2 Å². The van der Waals surface area contributed by atoms with Gasteiger partial charge in [-0.05, 0) is 6.07 Å². The highest BCUT2D eigenvalue weighted by Gasteiger charge is 2.31. The van der Waals surface area contributed by atoms with E-state index in [2.05, 4.69) is 5.32 Å². The zero-order valence-corrected chi connectivity index (χ0v) is 9.54. The lowest BCUT2D eigenvalue weighted by atomic mass is 10.2. The number of nitrogens with zero attached hydrogens (tertiary/aromatic N) is 1. The minimum atomic E-state index is -4.44. The number of alkyl halides is 3. The monoisotopic (exact) mass is 262 g/mol. The summed E-state index contributed by atoms with van der Waals surface area (Å²) >= 11 is 0. The molecule has 1 N–H and O–H groups in total. The Bertz CT molecular complexity index is 464. The number of hydrogen-bond donors (Lipinski definition) is 1. The van der Waals surface area contributed by atoms with Gasteiger partial charge >= 0.3 is 6.18 Å². The lowest BCUT2D eigenvalue weighted by Gasteiger charge is -2.24. The van der Waals surface area contributed by atoms with Crippen LogP contribution in [0.2, 0.25) is 0 Å². The Morgan fingerprint density at radius 1 is 1.44 bits per heavy atom. The SMILES string of the molecule is O=c1ccc(C(F)(F)F)cn1CC1CNCCO1. The molecule has 18 heavy (non-hydrogen) atoms. The first-order valence-electron chi connectivity index (χ1n) is 5.57. The van der Waals surface area contributed by atoms with E-state index in [1.807, 2.05) is 0 Å². The maximum atomic E-state index is 12.5. The van der Waals surface area contributed by atoms with Gasteiger partial charge in [-0.15, -0.1) is 0 Å². The van der Waals surface area contributed by atoms with E-state index in [1.165, 1.54) is 0 Å². The van der Waals surface area contributed by atoms with Crippen molar-refractivity contribution in [3.8, 4) is 0 Å². The largest absolute Gasteiger partial charge is 0.417 e. The molecule has 2 heterocycles. The summed E-state index contributed by atoms with van der Waals surface area (Å²) in [6, 6.07) is 1.72. The average molecular weight is 262 g/mol. The number of ether oxygens (including phenoxy) is 1. The van der Waals surface area contributed by atoms with Crippen LogP contribution in [-0.4, -0.2) is 30.4 Å². The maximum Gasteiger partial charge on any atom is 0.417 e. The van der Waals surface area contributed by atoms with Gasteiger partial charge in [0.15, 0.2) is 0 Å². The molecule has 0 aliphatic carbocycles. The molecule has 1 aromatic rings. The highest BCUT2D eigenvalue weighted by molar-refractivity contribution is 5.13. The van der Waals surface area contributed by atoms with Gasteiger partial charge in [-0.25, -0.2) is 0 Å². The van der Waals surface area contributed by atoms with E-state index in [0.29, 0.717) is 19.7 Å². The number of halogens is 3. The number of nitrogens with one attached hydrogen (secondary N) is 1. The van der Waals surface area contributed by atoms with Crippen LogP contribution in [0.5, 0.6) is 0 Å². The molecule has 1 aromatic heterocycles. The number of pyridine rings is 1. The highest BCUT2D eigenvalue weighted by Crippen LogP contribution is 2.28. The van der Waals surface area contributed by atoms with Crippen molar-refractivity contribution in [3.63, 3.8) is 0 Å². The van der Waals surface area contributed by atoms with E-state index in [-0.39, 0.29) is 12.6 Å². The Morgan fingerprint density at radius 2 is 2.22 bits per heavy atom. The molecule has 1 aliphatic rings. The number of rotatable bonds is 2. The Morgan fingerprint density at radius 3 is 2.83 bits per heavy atom. The first-order chi connectivity index (χ1) is 8.47. The molecule has 0 bridgehead atoms. The molecule has 0 aromatic carbocycles. The Kier molecular flexibility index (Phi) is 3.72. The van der Waals surface area contributed by atoms with Crippen molar-refractivity contribution >= 4 is 0 Å². The average Bonchev–Trinajstić information content (AvgIpc) is 2.32. The smallest absolute Gasteiger partial charge is 0.374 e. The predicted octanol–water partition coefficient (Wildman–Crippen LogP) is 0.855. The van der Waals surface area contributed by atoms with Crippen molar-refractivity contribution in [1.82, 2.24) is 9.88 Å². The zero-order valence-electron chi connectivity index (χ0n) is 9.54. The number of hydrogen-bond acceptors (Lipinski definition) is 3. The van der Waals surface area contributed by atoms with Gasteiger partial charge in [0.2, 0.25) is 0 Å². The van der Waals surface area contributed by atoms with Crippen LogP contribution in [-0.2, 0) is 17.5 Å². The molecule has 1 fully saturated rings. The molecule has 0 amide bonds. The van der Waals surface area contributed by atoms with Gasteiger partial charge in [0.05, 0.1) is 24.8 Å². The van der Waals surface area contributed by atoms with Crippen LogP contribution in [0.25, 0.3) is 0 Å². The van der Waals surface area contributed by atoms with Crippen LogP contribution in [0.3, 0.4) is 0 Å². The molecule has 2 rings (SSSR count). The molecule has 0 radical (unpaired) electrons. The molecule has 7 heteroatoms. The summed E-state index contributed by atoms with van der Waals surface area (Å²) in [6.07, 6.45) is -3.89. The van der Waals surface area contributed by atoms with E-state index < -0.39 is 17.3 Å². The third-order valence-electron chi connectivity index (χ3n) is 2.72. The van der Waals surface area contributed by atoms with Crippen LogP contribution in [0.15, 0.2) is 23.1 Å². The number of morpholine rings is 1. The van der Waals surface area contributed by atoms with Crippen LogP contribution in [0.4, 0.5) is 13.2 Å². The molecular formula is C11H13F3N2O2. The van der Waals surface area contributed by atoms with Gasteiger partial charge in [0.25, 0.3) is 5.56 Å². The summed E-state index contributed by atoms with van der Waals surface area (Å²) in [4.78, 5) is 11.5. The first kappa shape index (κ1) is 13.1. The topological polar surface area (TPSA) is 43.3 Å². The first-order valence-corrected chi connectivity index (χ1v) is 5.57. The molecule has 1 saturated heterocycles. The highest BCUT2D eigenvalue weighted by atomic mass is 19.4. The molecule has 1 atom stereocenters. The second-order valence-corrected chi connectivity index (χ2v) is 4.10. The van der Waals surface area contributed by atoms with Gasteiger partial charge in [-0.3, -0.25) is 4.79 Å². The molecule has 1 aliphatic heterocycles. The lowest BCUT2D eigenvalue weighted by Crippen LogP contribution is -2.42. The Hall–Kier alpha value is -1.34. The van der Waals surface area contributed by atoms with E-state index in [9.17, 15) is 18.0 Å². The third kappa shape index (κ3) is 3.11. The Labute approximate surface area is 101 Å². The van der Waals surface area contributed by atoms with Gasteiger partial charge in [0.1, 0.15) is 0 Å². The fourth-order valence-electron chi connectivity index (χ4n) is 1.80. The standard InChI is InChI=1S/C11H13F3N2O2/c12-11(13,14)8-1-2-10(17)16(6-8)7-9-5-15-3-4-18-9/h1-2,6,9,15H,3-5,7H2. The fourth-order valence-corrected chi connectivity index (χ4v) is 1.80.